The summed E-state index contributed by atoms with van der Waals surface area (Å²) in [5.74, 6) is 0.509. The van der Waals surface area contributed by atoms with E-state index >= 15 is 0 Å². The molecule has 1 rings (SSSR count). The number of nitrogens with one attached hydrogen (secondary N) is 1. The molecule has 0 radical (unpaired) electrons. The summed E-state index contributed by atoms with van der Waals surface area (Å²) in [7, 11) is 1.32. The molecule has 0 aromatic heterocycles. The highest BCUT2D eigenvalue weighted by Crippen LogP contribution is 2.21. The Morgan fingerprint density at radius 1 is 1.12 bits per heavy atom. The third kappa shape index (κ3) is 6.22. The standard InChI is InChI=1S/C19H29NO4/c1-12(2)10-17(19(22)23-6)20-18(21)14(5)24-16-9-7-8-15(11-16)13(3)4/h7-9,11-14,17H,10H2,1-6H3,(H,20,21)/t14-,17-/m0/s1. The van der Waals surface area contributed by atoms with Crippen LogP contribution in [0.15, 0.2) is 24.3 Å². The van der Waals surface area contributed by atoms with E-state index in [2.05, 4.69) is 19.2 Å². The predicted octanol–water partition coefficient (Wildman–Crippen LogP) is 3.28. The van der Waals surface area contributed by atoms with Gasteiger partial charge in [-0.3, -0.25) is 4.79 Å². The smallest absolute Gasteiger partial charge is 0.328 e. The first kappa shape index (κ1) is 20.0. The number of benzene rings is 1. The van der Waals surface area contributed by atoms with E-state index < -0.39 is 18.1 Å². The number of amides is 1. The zero-order valence-corrected chi connectivity index (χ0v) is 15.5. The lowest BCUT2D eigenvalue weighted by atomic mass is 10.0. The zero-order valence-electron chi connectivity index (χ0n) is 15.5. The van der Waals surface area contributed by atoms with Crippen molar-refractivity contribution in [3.05, 3.63) is 29.8 Å². The second-order valence-corrected chi connectivity index (χ2v) is 6.70. The van der Waals surface area contributed by atoms with E-state index in [0.717, 1.165) is 5.56 Å². The van der Waals surface area contributed by atoms with E-state index in [1.54, 1.807) is 6.92 Å². The molecule has 0 bridgehead atoms. The lowest BCUT2D eigenvalue weighted by Crippen LogP contribution is -2.47. The molecular formula is C19H29NO4. The van der Waals surface area contributed by atoms with Crippen molar-refractivity contribution < 1.29 is 19.1 Å². The van der Waals surface area contributed by atoms with Crippen molar-refractivity contribution in [2.45, 2.75) is 59.1 Å². The molecule has 1 aromatic carbocycles. The minimum absolute atomic E-state index is 0.258. The predicted molar refractivity (Wildman–Crippen MR) is 94.0 cm³/mol. The molecule has 0 spiro atoms. The van der Waals surface area contributed by atoms with Crippen LogP contribution in [0, 0.1) is 5.92 Å². The summed E-state index contributed by atoms with van der Waals surface area (Å²) in [4.78, 5) is 24.1. The monoisotopic (exact) mass is 335 g/mol. The summed E-state index contributed by atoms with van der Waals surface area (Å²) in [5, 5.41) is 2.72. The molecular weight excluding hydrogens is 306 g/mol. The summed E-state index contributed by atoms with van der Waals surface area (Å²) in [6, 6.07) is 7.03. The number of carbonyl (C=O) groups is 2. The molecule has 1 aromatic rings. The molecule has 1 N–H and O–H groups in total. The Morgan fingerprint density at radius 3 is 2.33 bits per heavy atom. The van der Waals surface area contributed by atoms with Gasteiger partial charge in [-0.15, -0.1) is 0 Å². The molecule has 2 atom stereocenters. The van der Waals surface area contributed by atoms with Crippen molar-refractivity contribution in [3.8, 4) is 5.75 Å². The normalized spacial score (nSPS) is 13.5. The van der Waals surface area contributed by atoms with E-state index in [1.165, 1.54) is 7.11 Å². The Morgan fingerprint density at radius 2 is 1.79 bits per heavy atom. The lowest BCUT2D eigenvalue weighted by molar-refractivity contribution is -0.146. The molecule has 0 fully saturated rings. The van der Waals surface area contributed by atoms with Crippen molar-refractivity contribution in [1.29, 1.82) is 0 Å². The van der Waals surface area contributed by atoms with Crippen LogP contribution in [-0.2, 0) is 14.3 Å². The molecule has 0 saturated heterocycles. The fourth-order valence-corrected chi connectivity index (χ4v) is 2.32. The molecule has 5 heteroatoms. The highest BCUT2D eigenvalue weighted by Gasteiger charge is 2.25. The minimum Gasteiger partial charge on any atom is -0.481 e. The molecule has 5 nitrogen and oxygen atoms in total. The van der Waals surface area contributed by atoms with Gasteiger partial charge in [0.1, 0.15) is 11.8 Å². The SMILES string of the molecule is COC(=O)[C@H](CC(C)C)NC(=O)[C@H](C)Oc1cccc(C(C)C)c1. The highest BCUT2D eigenvalue weighted by molar-refractivity contribution is 5.86. The van der Waals surface area contributed by atoms with Crippen LogP contribution in [0.1, 0.15) is 52.5 Å². The number of methoxy groups -OCH3 is 1. The second-order valence-electron chi connectivity index (χ2n) is 6.70. The maximum atomic E-state index is 12.3. The number of carbonyl (C=O) groups excluding carboxylic acids is 2. The number of esters is 1. The van der Waals surface area contributed by atoms with Gasteiger partial charge in [-0.1, -0.05) is 39.8 Å². The maximum absolute atomic E-state index is 12.3. The second kappa shape index (κ2) is 9.30. The molecule has 0 unspecified atom stereocenters. The first-order valence-corrected chi connectivity index (χ1v) is 8.39. The van der Waals surface area contributed by atoms with Crippen LogP contribution in [0.5, 0.6) is 5.75 Å². The Hall–Kier alpha value is -2.04. The Kier molecular flexibility index (Phi) is 7.75. The van der Waals surface area contributed by atoms with E-state index in [4.69, 9.17) is 9.47 Å². The summed E-state index contributed by atoms with van der Waals surface area (Å²) in [6.07, 6.45) is -0.180. The van der Waals surface area contributed by atoms with E-state index in [-0.39, 0.29) is 11.8 Å². The first-order chi connectivity index (χ1) is 11.2. The maximum Gasteiger partial charge on any atom is 0.328 e. The van der Waals surface area contributed by atoms with Gasteiger partial charge in [0.05, 0.1) is 7.11 Å². The fraction of sp³-hybridized carbons (Fsp3) is 0.579. The molecule has 0 aliphatic rings. The summed E-state index contributed by atoms with van der Waals surface area (Å²) in [6.45, 7) is 9.84. The van der Waals surface area contributed by atoms with Gasteiger partial charge in [0.25, 0.3) is 5.91 Å². The van der Waals surface area contributed by atoms with Gasteiger partial charge >= 0.3 is 5.97 Å². The summed E-state index contributed by atoms with van der Waals surface area (Å²) in [5.41, 5.74) is 1.15. The van der Waals surface area contributed by atoms with Gasteiger partial charge in [-0.25, -0.2) is 4.79 Å². The molecule has 134 valence electrons. The molecule has 1 amide bonds. The fourth-order valence-electron chi connectivity index (χ4n) is 2.32. The van der Waals surface area contributed by atoms with Crippen LogP contribution in [0.2, 0.25) is 0 Å². The number of hydrogen-bond acceptors (Lipinski definition) is 4. The third-order valence-electron chi connectivity index (χ3n) is 3.72. The average molecular weight is 335 g/mol. The largest absolute Gasteiger partial charge is 0.481 e. The quantitative estimate of drug-likeness (QED) is 0.741. The van der Waals surface area contributed by atoms with Crippen molar-refractivity contribution in [2.24, 2.45) is 5.92 Å². The molecule has 0 aliphatic heterocycles. The number of hydrogen-bond donors (Lipinski definition) is 1. The van der Waals surface area contributed by atoms with Gasteiger partial charge in [-0.05, 0) is 42.9 Å². The minimum atomic E-state index is -0.702. The average Bonchev–Trinajstić information content (AvgIpc) is 2.53. The van der Waals surface area contributed by atoms with Gasteiger partial charge in [0, 0.05) is 0 Å². The van der Waals surface area contributed by atoms with Gasteiger partial charge < -0.3 is 14.8 Å². The van der Waals surface area contributed by atoms with Crippen LogP contribution in [-0.4, -0.2) is 31.1 Å². The lowest BCUT2D eigenvalue weighted by Gasteiger charge is -2.21. The highest BCUT2D eigenvalue weighted by atomic mass is 16.5. The van der Waals surface area contributed by atoms with Crippen molar-refractivity contribution in [3.63, 3.8) is 0 Å². The topological polar surface area (TPSA) is 64.6 Å². The van der Waals surface area contributed by atoms with Crippen LogP contribution < -0.4 is 10.1 Å². The molecule has 0 aliphatic carbocycles. The van der Waals surface area contributed by atoms with E-state index in [9.17, 15) is 9.59 Å². The van der Waals surface area contributed by atoms with Crippen molar-refractivity contribution in [2.75, 3.05) is 7.11 Å². The number of rotatable bonds is 8. The Bertz CT molecular complexity index is 554. The molecule has 0 heterocycles. The van der Waals surface area contributed by atoms with Crippen molar-refractivity contribution in [1.82, 2.24) is 5.32 Å². The zero-order chi connectivity index (χ0) is 18.3. The van der Waals surface area contributed by atoms with E-state index in [1.807, 2.05) is 38.1 Å². The third-order valence-corrected chi connectivity index (χ3v) is 3.72. The Labute approximate surface area is 144 Å². The summed E-state index contributed by atoms with van der Waals surface area (Å²) < 4.78 is 10.5. The molecule has 0 saturated carbocycles. The van der Waals surface area contributed by atoms with Gasteiger partial charge in [0.2, 0.25) is 0 Å². The van der Waals surface area contributed by atoms with Crippen molar-refractivity contribution >= 4 is 11.9 Å². The van der Waals surface area contributed by atoms with Crippen LogP contribution in [0.3, 0.4) is 0 Å². The van der Waals surface area contributed by atoms with E-state index in [0.29, 0.717) is 18.1 Å². The summed E-state index contributed by atoms with van der Waals surface area (Å²) >= 11 is 0. The van der Waals surface area contributed by atoms with Crippen LogP contribution >= 0.6 is 0 Å². The van der Waals surface area contributed by atoms with Gasteiger partial charge in [-0.2, -0.15) is 0 Å². The Balaban J connectivity index is 2.72. The van der Waals surface area contributed by atoms with Crippen LogP contribution in [0.25, 0.3) is 0 Å². The first-order valence-electron chi connectivity index (χ1n) is 8.39. The molecule has 24 heavy (non-hydrogen) atoms. The van der Waals surface area contributed by atoms with Gasteiger partial charge in [0.15, 0.2) is 6.10 Å². The number of ether oxygens (including phenoxy) is 2. The van der Waals surface area contributed by atoms with Crippen LogP contribution in [0.4, 0.5) is 0 Å².